The fourth-order valence-corrected chi connectivity index (χ4v) is 4.08. The lowest BCUT2D eigenvalue weighted by molar-refractivity contribution is -0.274. The summed E-state index contributed by atoms with van der Waals surface area (Å²) in [6, 6.07) is 13.1. The monoisotopic (exact) mass is 514 g/mol. The number of likely N-dealkylation sites (tertiary alicyclic amines) is 1. The van der Waals surface area contributed by atoms with E-state index in [1.54, 1.807) is 4.68 Å². The smallest absolute Gasteiger partial charge is 0.490 e. The summed E-state index contributed by atoms with van der Waals surface area (Å²) in [5, 5.41) is 8.41. The first kappa shape index (κ1) is 24.8. The van der Waals surface area contributed by atoms with E-state index in [-0.39, 0.29) is 29.4 Å². The van der Waals surface area contributed by atoms with Crippen molar-refractivity contribution in [1.82, 2.24) is 29.8 Å². The van der Waals surface area contributed by atoms with Crippen molar-refractivity contribution in [3.8, 4) is 34.6 Å². The standard InChI is InChI=1S/C25H25F3N6O3/c1-16-29-23(24-30-22(32-37-24)18-6-8-20(9-7-18)36-25(26,27)28)31-34(16)15-17-4-3-5-21(14-17)35-19-10-12-33(2)13-11-19/h3-9,14,19H,10-13,15H2,1-2H3. The van der Waals surface area contributed by atoms with Crippen molar-refractivity contribution in [3.05, 3.63) is 59.9 Å². The Labute approximate surface area is 210 Å². The van der Waals surface area contributed by atoms with Crippen LogP contribution in [0.3, 0.4) is 0 Å². The molecule has 4 aromatic rings. The van der Waals surface area contributed by atoms with Crippen LogP contribution in [-0.4, -0.2) is 62.4 Å². The van der Waals surface area contributed by atoms with Crippen LogP contribution < -0.4 is 9.47 Å². The zero-order valence-corrected chi connectivity index (χ0v) is 20.3. The van der Waals surface area contributed by atoms with Gasteiger partial charge in [0.05, 0.1) is 6.54 Å². The minimum absolute atomic E-state index is 0.104. The number of nitrogens with zero attached hydrogens (tertiary/aromatic N) is 6. The van der Waals surface area contributed by atoms with E-state index in [2.05, 4.69) is 36.9 Å². The van der Waals surface area contributed by atoms with Gasteiger partial charge in [0, 0.05) is 18.7 Å². The summed E-state index contributed by atoms with van der Waals surface area (Å²) in [7, 11) is 2.12. The number of hydrogen-bond donors (Lipinski definition) is 0. The highest BCUT2D eigenvalue weighted by atomic mass is 19.4. The Morgan fingerprint density at radius 1 is 1.00 bits per heavy atom. The Morgan fingerprint density at radius 2 is 1.76 bits per heavy atom. The predicted molar refractivity (Wildman–Crippen MR) is 127 cm³/mol. The molecule has 1 aliphatic rings. The first-order valence-corrected chi connectivity index (χ1v) is 11.8. The maximum Gasteiger partial charge on any atom is 0.573 e. The number of rotatable bonds is 7. The highest BCUT2D eigenvalue weighted by Crippen LogP contribution is 2.27. The lowest BCUT2D eigenvalue weighted by Gasteiger charge is -2.29. The Balaban J connectivity index is 1.26. The van der Waals surface area contributed by atoms with E-state index in [4.69, 9.17) is 9.26 Å². The van der Waals surface area contributed by atoms with Gasteiger partial charge in [-0.1, -0.05) is 17.3 Å². The van der Waals surface area contributed by atoms with Gasteiger partial charge in [0.1, 0.15) is 23.4 Å². The molecule has 5 rings (SSSR count). The van der Waals surface area contributed by atoms with E-state index >= 15 is 0 Å². The van der Waals surface area contributed by atoms with E-state index in [0.29, 0.717) is 17.9 Å². The van der Waals surface area contributed by atoms with Crippen molar-refractivity contribution in [2.75, 3.05) is 20.1 Å². The fraction of sp³-hybridized carbons (Fsp3) is 0.360. The van der Waals surface area contributed by atoms with Crippen molar-refractivity contribution >= 4 is 0 Å². The molecule has 37 heavy (non-hydrogen) atoms. The molecule has 9 nitrogen and oxygen atoms in total. The Kier molecular flexibility index (Phi) is 6.83. The first-order valence-electron chi connectivity index (χ1n) is 11.8. The molecule has 194 valence electrons. The second-order valence-electron chi connectivity index (χ2n) is 8.90. The normalized spacial score (nSPS) is 15.2. The van der Waals surface area contributed by atoms with Gasteiger partial charge in [-0.3, -0.25) is 0 Å². The molecule has 0 amide bonds. The number of aromatic nitrogens is 5. The molecule has 3 heterocycles. The zero-order chi connectivity index (χ0) is 26.0. The van der Waals surface area contributed by atoms with Crippen LogP contribution >= 0.6 is 0 Å². The number of alkyl halides is 3. The van der Waals surface area contributed by atoms with Gasteiger partial charge >= 0.3 is 6.36 Å². The molecule has 0 N–H and O–H groups in total. The molecule has 2 aromatic carbocycles. The van der Waals surface area contributed by atoms with Crippen LogP contribution in [0.25, 0.3) is 23.1 Å². The molecule has 2 aromatic heterocycles. The van der Waals surface area contributed by atoms with Crippen LogP contribution in [0.5, 0.6) is 11.5 Å². The second kappa shape index (κ2) is 10.2. The third-order valence-corrected chi connectivity index (χ3v) is 6.02. The van der Waals surface area contributed by atoms with Gasteiger partial charge in [-0.15, -0.1) is 18.3 Å². The van der Waals surface area contributed by atoms with E-state index in [1.807, 2.05) is 31.2 Å². The lowest BCUT2D eigenvalue weighted by Crippen LogP contribution is -2.35. The molecule has 1 aliphatic heterocycles. The van der Waals surface area contributed by atoms with Crippen LogP contribution in [0.1, 0.15) is 24.2 Å². The number of piperidine rings is 1. The van der Waals surface area contributed by atoms with Gasteiger partial charge in [-0.2, -0.15) is 4.98 Å². The van der Waals surface area contributed by atoms with Gasteiger partial charge in [0.2, 0.25) is 11.6 Å². The average Bonchev–Trinajstić information content (AvgIpc) is 3.48. The molecule has 1 fully saturated rings. The highest BCUT2D eigenvalue weighted by Gasteiger charge is 2.31. The average molecular weight is 515 g/mol. The van der Waals surface area contributed by atoms with E-state index < -0.39 is 6.36 Å². The van der Waals surface area contributed by atoms with Crippen molar-refractivity contribution in [3.63, 3.8) is 0 Å². The van der Waals surface area contributed by atoms with Crippen LogP contribution in [0.4, 0.5) is 13.2 Å². The quantitative estimate of drug-likeness (QED) is 0.350. The molecular weight excluding hydrogens is 489 g/mol. The zero-order valence-electron chi connectivity index (χ0n) is 20.3. The predicted octanol–water partition coefficient (Wildman–Crippen LogP) is 4.72. The lowest BCUT2D eigenvalue weighted by atomic mass is 10.1. The van der Waals surface area contributed by atoms with E-state index in [1.165, 1.54) is 24.3 Å². The molecule has 0 spiro atoms. The summed E-state index contributed by atoms with van der Waals surface area (Å²) in [5.41, 5.74) is 1.47. The van der Waals surface area contributed by atoms with Crippen LogP contribution in [-0.2, 0) is 6.54 Å². The Morgan fingerprint density at radius 3 is 2.49 bits per heavy atom. The summed E-state index contributed by atoms with van der Waals surface area (Å²) in [4.78, 5) is 11.0. The molecule has 0 radical (unpaired) electrons. The van der Waals surface area contributed by atoms with Gasteiger partial charge in [0.15, 0.2) is 0 Å². The Bertz CT molecular complexity index is 1340. The number of benzene rings is 2. The summed E-state index contributed by atoms with van der Waals surface area (Å²) >= 11 is 0. The number of aryl methyl sites for hydroxylation is 1. The number of halogens is 3. The molecule has 12 heteroatoms. The summed E-state index contributed by atoms with van der Waals surface area (Å²) in [6.07, 6.45) is -2.54. The van der Waals surface area contributed by atoms with Crippen molar-refractivity contribution < 1.29 is 27.2 Å². The van der Waals surface area contributed by atoms with Crippen molar-refractivity contribution in [1.29, 1.82) is 0 Å². The third kappa shape index (κ3) is 6.26. The number of ether oxygens (including phenoxy) is 2. The molecule has 0 unspecified atom stereocenters. The summed E-state index contributed by atoms with van der Waals surface area (Å²) < 4.78 is 54.2. The molecule has 1 saturated heterocycles. The van der Waals surface area contributed by atoms with Crippen LogP contribution in [0, 0.1) is 6.92 Å². The fourth-order valence-electron chi connectivity index (χ4n) is 4.08. The topological polar surface area (TPSA) is 91.3 Å². The van der Waals surface area contributed by atoms with Crippen molar-refractivity contribution in [2.45, 2.75) is 38.8 Å². The third-order valence-electron chi connectivity index (χ3n) is 6.02. The molecule has 0 saturated carbocycles. The van der Waals surface area contributed by atoms with Gasteiger partial charge in [0.25, 0.3) is 5.89 Å². The van der Waals surface area contributed by atoms with E-state index in [9.17, 15) is 13.2 Å². The minimum atomic E-state index is -4.76. The van der Waals surface area contributed by atoms with Crippen molar-refractivity contribution in [2.24, 2.45) is 0 Å². The second-order valence-corrected chi connectivity index (χ2v) is 8.90. The van der Waals surface area contributed by atoms with Crippen LogP contribution in [0.15, 0.2) is 53.1 Å². The van der Waals surface area contributed by atoms with Gasteiger partial charge in [-0.25, -0.2) is 9.67 Å². The highest BCUT2D eigenvalue weighted by molar-refractivity contribution is 5.57. The Hall–Kier alpha value is -3.93. The first-order chi connectivity index (χ1) is 17.7. The van der Waals surface area contributed by atoms with Gasteiger partial charge < -0.3 is 18.9 Å². The minimum Gasteiger partial charge on any atom is -0.490 e. The van der Waals surface area contributed by atoms with Crippen LogP contribution in [0.2, 0.25) is 0 Å². The molecular formula is C25H25F3N6O3. The SMILES string of the molecule is Cc1nc(-c2nc(-c3ccc(OC(F)(F)F)cc3)no2)nn1Cc1cccc(OC2CCN(C)CC2)c1. The maximum atomic E-state index is 12.4. The van der Waals surface area contributed by atoms with E-state index in [0.717, 1.165) is 37.2 Å². The molecule has 0 atom stereocenters. The molecule has 0 aliphatic carbocycles. The summed E-state index contributed by atoms with van der Waals surface area (Å²) in [6.45, 7) is 4.36. The largest absolute Gasteiger partial charge is 0.573 e. The van der Waals surface area contributed by atoms with Gasteiger partial charge in [-0.05, 0) is 68.8 Å². The summed E-state index contributed by atoms with van der Waals surface area (Å²) in [5.74, 6) is 1.71. The molecule has 0 bridgehead atoms. The maximum absolute atomic E-state index is 12.4. The number of hydrogen-bond acceptors (Lipinski definition) is 8.